The van der Waals surface area contributed by atoms with Crippen molar-refractivity contribution in [1.82, 2.24) is 0 Å². The summed E-state index contributed by atoms with van der Waals surface area (Å²) >= 11 is 2.86. The highest BCUT2D eigenvalue weighted by Gasteiger charge is 2.12. The largest absolute Gasteiger partial charge is 0.326 e. The van der Waals surface area contributed by atoms with Gasteiger partial charge in [0.2, 0.25) is 0 Å². The van der Waals surface area contributed by atoms with E-state index in [1.54, 1.807) is 0 Å². The summed E-state index contributed by atoms with van der Waals surface area (Å²) in [6, 6.07) is 0. The van der Waals surface area contributed by atoms with E-state index in [0.29, 0.717) is 11.5 Å². The lowest BCUT2D eigenvalue weighted by Crippen LogP contribution is -1.96. The quantitative estimate of drug-likeness (QED) is 0.365. The van der Waals surface area contributed by atoms with Gasteiger partial charge in [-0.25, -0.2) is 0 Å². The van der Waals surface area contributed by atoms with E-state index in [-0.39, 0.29) is 12.3 Å². The van der Waals surface area contributed by atoms with E-state index in [0.717, 1.165) is 11.5 Å². The average Bonchev–Trinajstić information content (AvgIpc) is 2.06. The van der Waals surface area contributed by atoms with Crippen molar-refractivity contribution >= 4 is 38.7 Å². The lowest BCUT2D eigenvalue weighted by molar-refractivity contribution is 0.373. The second-order valence-electron chi connectivity index (χ2n) is 3.00. The normalized spacial score (nSPS) is 13.0. The van der Waals surface area contributed by atoms with Crippen molar-refractivity contribution in [2.75, 3.05) is 35.3 Å². The minimum atomic E-state index is -3.88. The van der Waals surface area contributed by atoms with Gasteiger partial charge >= 0.3 is 15.2 Å². The summed E-state index contributed by atoms with van der Waals surface area (Å²) in [5.41, 5.74) is 0. The van der Waals surface area contributed by atoms with Crippen LogP contribution in [0.15, 0.2) is 0 Å². The maximum atomic E-state index is 10.5. The Kier molecular flexibility index (Phi) is 8.67. The number of hydrogen-bond donors (Lipinski definition) is 4. The Morgan fingerprint density at radius 2 is 1.00 bits per heavy atom. The molecular weight excluding hydrogens is 294 g/mol. The second kappa shape index (κ2) is 8.16. The van der Waals surface area contributed by atoms with Gasteiger partial charge in [-0.2, -0.15) is 23.5 Å². The molecule has 4 N–H and O–H groups in total. The van der Waals surface area contributed by atoms with Gasteiger partial charge in [-0.05, 0) is 0 Å². The van der Waals surface area contributed by atoms with Gasteiger partial charge in [0, 0.05) is 23.0 Å². The molecule has 16 heavy (non-hydrogen) atoms. The first-order chi connectivity index (χ1) is 7.21. The molecule has 6 nitrogen and oxygen atoms in total. The first-order valence-electron chi connectivity index (χ1n) is 4.45. The van der Waals surface area contributed by atoms with E-state index in [2.05, 4.69) is 0 Å². The van der Waals surface area contributed by atoms with Crippen LogP contribution < -0.4 is 0 Å². The molecule has 0 bridgehead atoms. The molecule has 10 heteroatoms. The highest BCUT2D eigenvalue weighted by atomic mass is 32.2. The monoisotopic (exact) mass is 310 g/mol. The fourth-order valence-electron chi connectivity index (χ4n) is 0.689. The van der Waals surface area contributed by atoms with E-state index >= 15 is 0 Å². The van der Waals surface area contributed by atoms with Crippen molar-refractivity contribution in [3.05, 3.63) is 0 Å². The molecule has 0 heterocycles. The van der Waals surface area contributed by atoms with Crippen LogP contribution >= 0.6 is 38.7 Å². The Morgan fingerprint density at radius 1 is 0.688 bits per heavy atom. The van der Waals surface area contributed by atoms with E-state index in [1.165, 1.54) is 23.5 Å². The Balaban J connectivity index is 3.23. The van der Waals surface area contributed by atoms with Crippen molar-refractivity contribution in [3.63, 3.8) is 0 Å². The van der Waals surface area contributed by atoms with Gasteiger partial charge in [-0.3, -0.25) is 9.13 Å². The lowest BCUT2D eigenvalue weighted by Gasteiger charge is -2.04. The van der Waals surface area contributed by atoms with Crippen molar-refractivity contribution in [2.45, 2.75) is 0 Å². The van der Waals surface area contributed by atoms with Crippen LogP contribution in [0.2, 0.25) is 0 Å². The van der Waals surface area contributed by atoms with E-state index in [4.69, 9.17) is 19.6 Å². The first kappa shape index (κ1) is 17.0. The third-order valence-electron chi connectivity index (χ3n) is 1.43. The molecule has 0 aromatic heterocycles. The lowest BCUT2D eigenvalue weighted by atomic mass is 10.9. The summed E-state index contributed by atoms with van der Waals surface area (Å²) in [5, 5.41) is 0. The zero-order chi connectivity index (χ0) is 12.7. The van der Waals surface area contributed by atoms with Crippen molar-refractivity contribution in [2.24, 2.45) is 0 Å². The molecule has 0 rings (SSSR count). The second-order valence-corrected chi connectivity index (χ2v) is 9.00. The fraction of sp³-hybridized carbons (Fsp3) is 1.00. The van der Waals surface area contributed by atoms with Crippen molar-refractivity contribution < 1.29 is 28.7 Å². The molecule has 0 aromatic carbocycles. The third kappa shape index (κ3) is 15.0. The zero-order valence-corrected chi connectivity index (χ0v) is 12.0. The van der Waals surface area contributed by atoms with Crippen LogP contribution in [0.1, 0.15) is 0 Å². The van der Waals surface area contributed by atoms with Crippen LogP contribution in [0.5, 0.6) is 0 Å². The molecule has 0 saturated carbocycles. The van der Waals surface area contributed by atoms with Crippen LogP contribution in [0.4, 0.5) is 0 Å². The Morgan fingerprint density at radius 3 is 1.25 bits per heavy atom. The summed E-state index contributed by atoms with van der Waals surface area (Å²) in [7, 11) is -7.76. The van der Waals surface area contributed by atoms with Crippen LogP contribution in [-0.4, -0.2) is 54.9 Å². The summed E-state index contributed by atoms with van der Waals surface area (Å²) in [6.07, 6.45) is -0.240. The molecule has 98 valence electrons. The first-order valence-corrected chi connectivity index (χ1v) is 10.4. The molecule has 0 fully saturated rings. The van der Waals surface area contributed by atoms with Gasteiger partial charge in [0.25, 0.3) is 0 Å². The fourth-order valence-corrected chi connectivity index (χ4v) is 4.98. The molecule has 0 aliphatic rings. The maximum Gasteiger partial charge on any atom is 0.326 e. The molecule has 0 amide bonds. The summed E-state index contributed by atoms with van der Waals surface area (Å²) in [6.45, 7) is 0. The topological polar surface area (TPSA) is 115 Å². The smallest absolute Gasteiger partial charge is 0.324 e. The van der Waals surface area contributed by atoms with Crippen LogP contribution in [0.3, 0.4) is 0 Å². The molecule has 0 unspecified atom stereocenters. The highest BCUT2D eigenvalue weighted by molar-refractivity contribution is 8.03. The molecule has 0 saturated heterocycles. The Bertz CT molecular complexity index is 246. The Labute approximate surface area is 103 Å². The standard InChI is InChI=1S/C6H16O6P2S2/c7-13(8,9)1-3-15-5-6-16-4-2-14(10,11)12/h1-6H2,(H2,7,8,9)(H2,10,11,12). The van der Waals surface area contributed by atoms with Gasteiger partial charge in [0.15, 0.2) is 0 Å². The predicted molar refractivity (Wildman–Crippen MR) is 68.5 cm³/mol. The molecule has 0 atom stereocenters. The molecule has 0 aliphatic carbocycles. The molecular formula is C6H16O6P2S2. The average molecular weight is 310 g/mol. The van der Waals surface area contributed by atoms with Gasteiger partial charge in [0.05, 0.1) is 12.3 Å². The number of thioether (sulfide) groups is 2. The van der Waals surface area contributed by atoms with Gasteiger partial charge in [0.1, 0.15) is 0 Å². The van der Waals surface area contributed by atoms with Crippen LogP contribution in [-0.2, 0) is 9.13 Å². The summed E-state index contributed by atoms with van der Waals surface area (Å²) in [5.74, 6) is 2.27. The van der Waals surface area contributed by atoms with Crippen LogP contribution in [0, 0.1) is 0 Å². The van der Waals surface area contributed by atoms with Gasteiger partial charge in [-0.1, -0.05) is 0 Å². The van der Waals surface area contributed by atoms with E-state index in [1.807, 2.05) is 0 Å². The minimum absolute atomic E-state index is 0.120. The third-order valence-corrected chi connectivity index (χ3v) is 5.87. The molecule has 0 aliphatic heterocycles. The summed E-state index contributed by atoms with van der Waals surface area (Å²) in [4.78, 5) is 34.2. The maximum absolute atomic E-state index is 10.5. The number of hydrogen-bond acceptors (Lipinski definition) is 4. The van der Waals surface area contributed by atoms with Gasteiger partial charge in [-0.15, -0.1) is 0 Å². The Hall–Kier alpha value is 1.000. The van der Waals surface area contributed by atoms with E-state index < -0.39 is 15.2 Å². The highest BCUT2D eigenvalue weighted by Crippen LogP contribution is 2.35. The minimum Gasteiger partial charge on any atom is -0.324 e. The molecule has 0 spiro atoms. The zero-order valence-electron chi connectivity index (χ0n) is 8.56. The molecule has 0 radical (unpaired) electrons. The summed E-state index contributed by atoms with van der Waals surface area (Å²) < 4.78 is 20.9. The number of rotatable bonds is 9. The predicted octanol–water partition coefficient (Wildman–Crippen LogP) is 0.808. The van der Waals surface area contributed by atoms with Gasteiger partial charge < -0.3 is 19.6 Å². The SMILES string of the molecule is O=P(O)(O)CCSCCSCCP(=O)(O)O. The van der Waals surface area contributed by atoms with E-state index in [9.17, 15) is 9.13 Å². The van der Waals surface area contributed by atoms with Crippen LogP contribution in [0.25, 0.3) is 0 Å². The van der Waals surface area contributed by atoms with Crippen molar-refractivity contribution in [1.29, 1.82) is 0 Å². The van der Waals surface area contributed by atoms with Crippen molar-refractivity contribution in [3.8, 4) is 0 Å². The molecule has 0 aromatic rings.